The molecular formula is C9H7Cl3O4. The molecule has 4 nitrogen and oxygen atoms in total. The standard InChI is InChI=1S/C9H7Cl3O4/c1-15-9(8(13)14)16-4-2-5(10)7(12)6(11)3-4/h2-3,9H,1H3,(H,13,14). The summed E-state index contributed by atoms with van der Waals surface area (Å²) in [5.41, 5.74) is 0. The summed E-state index contributed by atoms with van der Waals surface area (Å²) in [4.78, 5) is 10.6. The van der Waals surface area contributed by atoms with E-state index < -0.39 is 12.3 Å². The summed E-state index contributed by atoms with van der Waals surface area (Å²) in [6, 6.07) is 2.70. The molecule has 0 aromatic heterocycles. The molecule has 88 valence electrons. The van der Waals surface area contributed by atoms with Crippen molar-refractivity contribution in [1.82, 2.24) is 0 Å². The Morgan fingerprint density at radius 1 is 1.31 bits per heavy atom. The average Bonchev–Trinajstić information content (AvgIpc) is 2.21. The van der Waals surface area contributed by atoms with E-state index in [1.165, 1.54) is 19.2 Å². The lowest BCUT2D eigenvalue weighted by Gasteiger charge is -2.13. The van der Waals surface area contributed by atoms with Crippen LogP contribution in [0.4, 0.5) is 0 Å². The van der Waals surface area contributed by atoms with Crippen LogP contribution in [0.3, 0.4) is 0 Å². The van der Waals surface area contributed by atoms with Gasteiger partial charge in [0.25, 0.3) is 6.29 Å². The van der Waals surface area contributed by atoms with Crippen LogP contribution in [0.2, 0.25) is 15.1 Å². The molecule has 1 rings (SSSR count). The molecule has 0 radical (unpaired) electrons. The summed E-state index contributed by atoms with van der Waals surface area (Å²) < 4.78 is 9.58. The summed E-state index contributed by atoms with van der Waals surface area (Å²) in [5.74, 6) is -1.10. The predicted molar refractivity (Wildman–Crippen MR) is 60.5 cm³/mol. The number of carboxylic acid groups (broad SMARTS) is 1. The number of hydrogen-bond donors (Lipinski definition) is 1. The fraction of sp³-hybridized carbons (Fsp3) is 0.222. The van der Waals surface area contributed by atoms with Gasteiger partial charge in [0.2, 0.25) is 0 Å². The molecule has 0 heterocycles. The highest BCUT2D eigenvalue weighted by Crippen LogP contribution is 2.34. The molecule has 1 aromatic rings. The Hall–Kier alpha value is -0.680. The quantitative estimate of drug-likeness (QED) is 0.682. The van der Waals surface area contributed by atoms with E-state index in [1.807, 2.05) is 0 Å². The van der Waals surface area contributed by atoms with E-state index in [9.17, 15) is 4.79 Å². The van der Waals surface area contributed by atoms with Gasteiger partial charge in [0.15, 0.2) is 0 Å². The van der Waals surface area contributed by atoms with Crippen LogP contribution in [0, 0.1) is 0 Å². The van der Waals surface area contributed by atoms with Gasteiger partial charge in [-0.05, 0) is 0 Å². The molecule has 0 aliphatic rings. The van der Waals surface area contributed by atoms with Crippen molar-refractivity contribution in [2.24, 2.45) is 0 Å². The lowest BCUT2D eigenvalue weighted by molar-refractivity contribution is -0.166. The van der Waals surface area contributed by atoms with Crippen molar-refractivity contribution >= 4 is 40.8 Å². The molecule has 0 aliphatic heterocycles. The minimum atomic E-state index is -1.42. The van der Waals surface area contributed by atoms with Gasteiger partial charge in [-0.25, -0.2) is 4.79 Å². The second kappa shape index (κ2) is 5.59. The fourth-order valence-corrected chi connectivity index (χ4v) is 1.50. The Morgan fingerprint density at radius 3 is 2.19 bits per heavy atom. The maximum Gasteiger partial charge on any atom is 0.373 e. The number of halogens is 3. The molecule has 1 aromatic carbocycles. The zero-order chi connectivity index (χ0) is 12.3. The van der Waals surface area contributed by atoms with Gasteiger partial charge in [-0.3, -0.25) is 0 Å². The third kappa shape index (κ3) is 3.15. The molecule has 0 amide bonds. The first-order chi connectivity index (χ1) is 7.45. The van der Waals surface area contributed by atoms with Crippen LogP contribution in [0.15, 0.2) is 12.1 Å². The van der Waals surface area contributed by atoms with Crippen LogP contribution < -0.4 is 4.74 Å². The Morgan fingerprint density at radius 2 is 1.81 bits per heavy atom. The van der Waals surface area contributed by atoms with Crippen molar-refractivity contribution in [1.29, 1.82) is 0 Å². The third-order valence-electron chi connectivity index (χ3n) is 1.62. The zero-order valence-corrected chi connectivity index (χ0v) is 10.3. The zero-order valence-electron chi connectivity index (χ0n) is 8.04. The molecule has 1 atom stereocenters. The molecule has 0 spiro atoms. The second-order valence-corrected chi connectivity index (χ2v) is 3.92. The maximum absolute atomic E-state index is 10.6. The largest absolute Gasteiger partial charge is 0.477 e. The molecule has 16 heavy (non-hydrogen) atoms. The number of hydrogen-bond acceptors (Lipinski definition) is 3. The maximum atomic E-state index is 10.6. The highest BCUT2D eigenvalue weighted by atomic mass is 35.5. The van der Waals surface area contributed by atoms with Crippen molar-refractivity contribution in [3.8, 4) is 5.75 Å². The van der Waals surface area contributed by atoms with Gasteiger partial charge in [-0.2, -0.15) is 0 Å². The summed E-state index contributed by atoms with van der Waals surface area (Å²) in [7, 11) is 1.21. The van der Waals surface area contributed by atoms with Crippen LogP contribution in [-0.2, 0) is 9.53 Å². The first-order valence-corrected chi connectivity index (χ1v) is 5.16. The SMILES string of the molecule is COC(Oc1cc(Cl)c(Cl)c(Cl)c1)C(=O)O. The normalized spacial score (nSPS) is 12.2. The van der Waals surface area contributed by atoms with Gasteiger partial charge in [0, 0.05) is 19.2 Å². The van der Waals surface area contributed by atoms with Gasteiger partial charge in [-0.1, -0.05) is 34.8 Å². The molecule has 0 saturated heterocycles. The number of methoxy groups -OCH3 is 1. The Kier molecular flexibility index (Phi) is 4.68. The highest BCUT2D eigenvalue weighted by molar-refractivity contribution is 6.48. The van der Waals surface area contributed by atoms with Crippen molar-refractivity contribution in [2.75, 3.05) is 7.11 Å². The number of carbonyl (C=O) groups is 1. The minimum absolute atomic E-state index is 0.161. The lowest BCUT2D eigenvalue weighted by atomic mass is 10.3. The molecule has 7 heteroatoms. The first kappa shape index (κ1) is 13.4. The van der Waals surface area contributed by atoms with Gasteiger partial charge in [0.05, 0.1) is 15.1 Å². The molecule has 1 unspecified atom stereocenters. The number of aliphatic carboxylic acids is 1. The minimum Gasteiger partial charge on any atom is -0.477 e. The Bertz CT molecular complexity index is 385. The van der Waals surface area contributed by atoms with Crippen LogP contribution >= 0.6 is 34.8 Å². The number of rotatable bonds is 4. The van der Waals surface area contributed by atoms with Crippen molar-refractivity contribution in [3.63, 3.8) is 0 Å². The molecule has 0 saturated carbocycles. The lowest BCUT2D eigenvalue weighted by Crippen LogP contribution is -2.28. The van der Waals surface area contributed by atoms with E-state index >= 15 is 0 Å². The smallest absolute Gasteiger partial charge is 0.373 e. The molecule has 0 fully saturated rings. The van der Waals surface area contributed by atoms with Crippen LogP contribution in [-0.4, -0.2) is 24.5 Å². The van der Waals surface area contributed by atoms with Crippen LogP contribution in [0.1, 0.15) is 0 Å². The summed E-state index contributed by atoms with van der Waals surface area (Å²) in [5, 5.41) is 9.21. The highest BCUT2D eigenvalue weighted by Gasteiger charge is 2.19. The average molecular weight is 286 g/mol. The first-order valence-electron chi connectivity index (χ1n) is 4.02. The third-order valence-corrected chi connectivity index (χ3v) is 2.81. The van der Waals surface area contributed by atoms with Gasteiger partial charge in [0.1, 0.15) is 5.75 Å². The molecule has 0 aliphatic carbocycles. The summed E-state index contributed by atoms with van der Waals surface area (Å²) in [6.07, 6.45) is -1.42. The number of carboxylic acids is 1. The topological polar surface area (TPSA) is 55.8 Å². The van der Waals surface area contributed by atoms with Crippen molar-refractivity contribution in [2.45, 2.75) is 6.29 Å². The van der Waals surface area contributed by atoms with Crippen LogP contribution in [0.5, 0.6) is 5.75 Å². The van der Waals surface area contributed by atoms with E-state index in [0.717, 1.165) is 0 Å². The van der Waals surface area contributed by atoms with E-state index in [2.05, 4.69) is 4.74 Å². The summed E-state index contributed by atoms with van der Waals surface area (Å²) in [6.45, 7) is 0. The monoisotopic (exact) mass is 284 g/mol. The van der Waals surface area contributed by atoms with Crippen molar-refractivity contribution in [3.05, 3.63) is 27.2 Å². The molecule has 0 bridgehead atoms. The van der Waals surface area contributed by atoms with Gasteiger partial charge < -0.3 is 14.6 Å². The van der Waals surface area contributed by atoms with Crippen molar-refractivity contribution < 1.29 is 19.4 Å². The predicted octanol–water partition coefficient (Wildman–Crippen LogP) is 3.08. The van der Waals surface area contributed by atoms with Gasteiger partial charge in [-0.15, -0.1) is 0 Å². The van der Waals surface area contributed by atoms with E-state index in [1.54, 1.807) is 0 Å². The molecular weight excluding hydrogens is 278 g/mol. The van der Waals surface area contributed by atoms with E-state index in [0.29, 0.717) is 0 Å². The van der Waals surface area contributed by atoms with Crippen LogP contribution in [0.25, 0.3) is 0 Å². The van der Waals surface area contributed by atoms with E-state index in [4.69, 9.17) is 44.6 Å². The Balaban J connectivity index is 2.93. The number of ether oxygens (including phenoxy) is 2. The summed E-state index contributed by atoms with van der Waals surface area (Å²) >= 11 is 17.2. The number of benzene rings is 1. The van der Waals surface area contributed by atoms with Gasteiger partial charge >= 0.3 is 5.97 Å². The second-order valence-electron chi connectivity index (χ2n) is 2.72. The van der Waals surface area contributed by atoms with E-state index in [-0.39, 0.29) is 20.8 Å². The Labute approximate surface area is 107 Å². The molecule has 1 N–H and O–H groups in total. The fourth-order valence-electron chi connectivity index (χ4n) is 0.923.